The number of hydrogen-bond donors (Lipinski definition) is 3. The Hall–Kier alpha value is -3.12. The third-order valence-corrected chi connectivity index (χ3v) is 5.01. The van der Waals surface area contributed by atoms with Crippen LogP contribution in [0, 0.1) is 12.8 Å². The smallest absolute Gasteiger partial charge is 0.310 e. The lowest BCUT2D eigenvalue weighted by atomic mass is 10.0. The van der Waals surface area contributed by atoms with Crippen molar-refractivity contribution in [2.24, 2.45) is 0 Å². The molecule has 2 unspecified atom stereocenters. The van der Waals surface area contributed by atoms with Gasteiger partial charge in [0, 0.05) is 6.20 Å². The van der Waals surface area contributed by atoms with Crippen LogP contribution >= 0.6 is 11.6 Å². The summed E-state index contributed by atoms with van der Waals surface area (Å²) >= 11 is 5.82. The monoisotopic (exact) mass is 444 g/mol. The van der Waals surface area contributed by atoms with Gasteiger partial charge in [-0.3, -0.25) is 4.79 Å². The zero-order valence-electron chi connectivity index (χ0n) is 17.1. The Labute approximate surface area is 185 Å². The largest absolute Gasteiger partial charge is 0.481 e. The number of nitrogens with zero attached hydrogens (tertiary/aromatic N) is 3. The topological polar surface area (TPSA) is 123 Å². The van der Waals surface area contributed by atoms with Gasteiger partial charge in [0.1, 0.15) is 17.7 Å². The highest BCUT2D eigenvalue weighted by atomic mass is 35.5. The molecule has 0 bridgehead atoms. The predicted molar refractivity (Wildman–Crippen MR) is 120 cm³/mol. The number of hydrogen-bond acceptors (Lipinski definition) is 6. The number of aromatic nitrogens is 3. The number of rotatable bonds is 4. The van der Waals surface area contributed by atoms with Crippen LogP contribution < -0.4 is 5.73 Å². The van der Waals surface area contributed by atoms with Crippen molar-refractivity contribution >= 4 is 34.4 Å². The number of ether oxygens (including phenoxy) is 1. The number of fused-ring (bicyclic) bond motifs is 1. The van der Waals surface area contributed by atoms with Crippen LogP contribution in [0.15, 0.2) is 42.6 Å². The molecule has 0 amide bonds. The van der Waals surface area contributed by atoms with Crippen molar-refractivity contribution in [1.82, 2.24) is 14.5 Å². The SMILES string of the molecule is C#C.C[C@@H](C(=O)O)c1ccccc1.Nc1nc(Cl)nc2c1ccn2C1CCC(CO)O1. The van der Waals surface area contributed by atoms with Gasteiger partial charge in [0.15, 0.2) is 0 Å². The Morgan fingerprint density at radius 3 is 2.55 bits per heavy atom. The molecular weight excluding hydrogens is 420 g/mol. The molecule has 0 saturated carbocycles. The lowest BCUT2D eigenvalue weighted by Crippen LogP contribution is -2.14. The van der Waals surface area contributed by atoms with Crippen LogP contribution in [0.5, 0.6) is 0 Å². The maximum Gasteiger partial charge on any atom is 0.310 e. The van der Waals surface area contributed by atoms with E-state index in [-0.39, 0.29) is 24.2 Å². The molecule has 9 heteroatoms. The van der Waals surface area contributed by atoms with Gasteiger partial charge in [-0.15, -0.1) is 12.8 Å². The number of aliphatic carboxylic acids is 1. The van der Waals surface area contributed by atoms with Gasteiger partial charge in [0.05, 0.1) is 24.0 Å². The summed E-state index contributed by atoms with van der Waals surface area (Å²) in [4.78, 5) is 18.6. The van der Waals surface area contributed by atoms with E-state index >= 15 is 0 Å². The standard InChI is InChI=1S/C11H13ClN4O2.C9H10O2.C2H2/c12-11-14-9(13)7-3-4-16(10(7)15-11)8-2-1-6(5-17)18-8;1-7(9(10)11)8-5-3-2-4-6-8;1-2/h3-4,6,8,17H,1-2,5H2,(H2,13,14,15);2-7H,1H3,(H,10,11);1-2H/t;7-;/m.1./s1. The second-order valence-corrected chi connectivity index (χ2v) is 7.12. The number of carboxylic acids is 1. The fraction of sp³-hybridized carbons (Fsp3) is 0.318. The first kappa shape index (κ1) is 24.2. The second kappa shape index (κ2) is 11.3. The molecule has 0 radical (unpaired) electrons. The van der Waals surface area contributed by atoms with E-state index in [9.17, 15) is 4.79 Å². The molecule has 2 aromatic heterocycles. The molecule has 0 aliphatic carbocycles. The fourth-order valence-electron chi connectivity index (χ4n) is 3.17. The Morgan fingerprint density at radius 1 is 1.29 bits per heavy atom. The number of halogens is 1. The van der Waals surface area contributed by atoms with Gasteiger partial charge in [0.25, 0.3) is 0 Å². The van der Waals surface area contributed by atoms with E-state index in [0.717, 1.165) is 23.8 Å². The number of nitrogens with two attached hydrogens (primary N) is 1. The van der Waals surface area contributed by atoms with Gasteiger partial charge in [-0.05, 0) is 43.0 Å². The minimum Gasteiger partial charge on any atom is -0.481 e. The number of carbonyl (C=O) groups is 1. The highest BCUT2D eigenvalue weighted by Crippen LogP contribution is 2.32. The lowest BCUT2D eigenvalue weighted by Gasteiger charge is -2.14. The van der Waals surface area contributed by atoms with Gasteiger partial charge < -0.3 is 25.3 Å². The zero-order chi connectivity index (χ0) is 23.0. The van der Waals surface area contributed by atoms with Crippen LogP contribution in [-0.4, -0.2) is 43.4 Å². The van der Waals surface area contributed by atoms with Crippen molar-refractivity contribution in [1.29, 1.82) is 0 Å². The highest BCUT2D eigenvalue weighted by Gasteiger charge is 2.27. The highest BCUT2D eigenvalue weighted by molar-refractivity contribution is 6.28. The number of terminal acetylenes is 1. The quantitative estimate of drug-likeness (QED) is 0.415. The summed E-state index contributed by atoms with van der Waals surface area (Å²) in [5.41, 5.74) is 7.30. The second-order valence-electron chi connectivity index (χ2n) is 6.78. The molecule has 8 nitrogen and oxygen atoms in total. The Morgan fingerprint density at radius 2 is 1.97 bits per heavy atom. The van der Waals surface area contributed by atoms with E-state index in [1.165, 1.54) is 0 Å². The minimum absolute atomic E-state index is 0.0353. The van der Waals surface area contributed by atoms with Crippen molar-refractivity contribution in [2.45, 2.75) is 38.0 Å². The first-order valence-corrected chi connectivity index (χ1v) is 9.95. The number of benzene rings is 1. The zero-order valence-corrected chi connectivity index (χ0v) is 17.8. The molecule has 4 N–H and O–H groups in total. The molecule has 3 heterocycles. The maximum atomic E-state index is 10.5. The number of aliphatic hydroxyl groups is 1. The van der Waals surface area contributed by atoms with Crippen molar-refractivity contribution in [3.63, 3.8) is 0 Å². The maximum absolute atomic E-state index is 10.5. The number of carboxylic acid groups (broad SMARTS) is 1. The summed E-state index contributed by atoms with van der Waals surface area (Å²) in [5, 5.41) is 18.6. The average molecular weight is 445 g/mol. The van der Waals surface area contributed by atoms with Crippen molar-refractivity contribution < 1.29 is 19.7 Å². The molecule has 164 valence electrons. The van der Waals surface area contributed by atoms with Crippen LogP contribution in [-0.2, 0) is 9.53 Å². The number of anilines is 1. The summed E-state index contributed by atoms with van der Waals surface area (Å²) in [7, 11) is 0. The van der Waals surface area contributed by atoms with Crippen molar-refractivity contribution in [3.8, 4) is 12.8 Å². The van der Waals surface area contributed by atoms with E-state index in [2.05, 4.69) is 22.8 Å². The van der Waals surface area contributed by atoms with Gasteiger partial charge in [-0.1, -0.05) is 30.3 Å². The molecule has 31 heavy (non-hydrogen) atoms. The van der Waals surface area contributed by atoms with Gasteiger partial charge >= 0.3 is 5.97 Å². The Kier molecular flexibility index (Phi) is 8.82. The molecule has 4 rings (SSSR count). The van der Waals surface area contributed by atoms with E-state index in [1.54, 1.807) is 6.92 Å². The molecule has 1 aromatic carbocycles. The summed E-state index contributed by atoms with van der Waals surface area (Å²) in [6, 6.07) is 11.0. The summed E-state index contributed by atoms with van der Waals surface area (Å²) in [5.74, 6) is -0.826. The van der Waals surface area contributed by atoms with Crippen LogP contribution in [0.4, 0.5) is 5.82 Å². The Bertz CT molecular complexity index is 1020. The summed E-state index contributed by atoms with van der Waals surface area (Å²) < 4.78 is 7.60. The molecule has 1 aliphatic rings. The predicted octanol–water partition coefficient (Wildman–Crippen LogP) is 3.46. The molecule has 1 aliphatic heterocycles. The van der Waals surface area contributed by atoms with Crippen LogP contribution in [0.25, 0.3) is 11.0 Å². The Balaban J connectivity index is 0.000000226. The molecule has 1 saturated heterocycles. The van der Waals surface area contributed by atoms with E-state index in [1.807, 2.05) is 47.2 Å². The number of aliphatic hydroxyl groups excluding tert-OH is 1. The van der Waals surface area contributed by atoms with Gasteiger partial charge in [0.2, 0.25) is 5.28 Å². The van der Waals surface area contributed by atoms with E-state index < -0.39 is 11.9 Å². The number of nitrogen functional groups attached to an aromatic ring is 1. The van der Waals surface area contributed by atoms with Crippen LogP contribution in [0.2, 0.25) is 5.28 Å². The van der Waals surface area contributed by atoms with Crippen LogP contribution in [0.1, 0.15) is 37.5 Å². The summed E-state index contributed by atoms with van der Waals surface area (Å²) in [6.45, 7) is 1.71. The lowest BCUT2D eigenvalue weighted by molar-refractivity contribution is -0.138. The third kappa shape index (κ3) is 5.95. The van der Waals surface area contributed by atoms with Crippen molar-refractivity contribution in [2.75, 3.05) is 12.3 Å². The van der Waals surface area contributed by atoms with Crippen LogP contribution in [0.3, 0.4) is 0 Å². The molecule has 3 atom stereocenters. The molecule has 3 aromatic rings. The third-order valence-electron chi connectivity index (χ3n) is 4.84. The van der Waals surface area contributed by atoms with Gasteiger partial charge in [-0.2, -0.15) is 4.98 Å². The van der Waals surface area contributed by atoms with Crippen molar-refractivity contribution in [3.05, 3.63) is 53.4 Å². The first-order chi connectivity index (χ1) is 14.9. The molecular formula is C22H25ClN4O4. The first-order valence-electron chi connectivity index (χ1n) is 9.57. The molecule has 0 spiro atoms. The van der Waals surface area contributed by atoms with Gasteiger partial charge in [-0.25, -0.2) is 4.98 Å². The average Bonchev–Trinajstić information content (AvgIpc) is 3.42. The fourth-order valence-corrected chi connectivity index (χ4v) is 3.34. The van der Waals surface area contributed by atoms with E-state index in [4.69, 9.17) is 32.3 Å². The van der Waals surface area contributed by atoms with E-state index in [0.29, 0.717) is 11.5 Å². The summed E-state index contributed by atoms with van der Waals surface area (Å²) in [6.07, 6.45) is 11.3. The molecule has 1 fully saturated rings. The normalized spacial score (nSPS) is 18.4. The minimum atomic E-state index is -0.781.